The second-order valence-electron chi connectivity index (χ2n) is 4.92. The summed E-state index contributed by atoms with van der Waals surface area (Å²) >= 11 is 1.41. The summed E-state index contributed by atoms with van der Waals surface area (Å²) < 4.78 is 34.1. The van der Waals surface area contributed by atoms with E-state index in [9.17, 15) is 4.39 Å². The molecule has 0 aromatic carbocycles. The Bertz CT molecular complexity index is 699. The number of hydrogen-bond acceptors (Lipinski definition) is 8. The quantitative estimate of drug-likeness (QED) is 0.758. The first kappa shape index (κ1) is 16.8. The van der Waals surface area contributed by atoms with E-state index < -0.39 is 6.86 Å². The normalized spacial score (nSPS) is 15.9. The molecule has 0 unspecified atom stereocenters. The van der Waals surface area contributed by atoms with Gasteiger partial charge < -0.3 is 14.2 Å². The van der Waals surface area contributed by atoms with Crippen molar-refractivity contribution in [3.8, 4) is 22.9 Å². The van der Waals surface area contributed by atoms with Crippen molar-refractivity contribution in [3.05, 3.63) is 12.4 Å². The summed E-state index contributed by atoms with van der Waals surface area (Å²) in [5.74, 6) is 1.81. The molecule has 130 valence electrons. The van der Waals surface area contributed by atoms with Gasteiger partial charge in [0.1, 0.15) is 6.61 Å². The van der Waals surface area contributed by atoms with Gasteiger partial charge in [-0.15, -0.1) is 10.2 Å². The second-order valence-corrected chi connectivity index (χ2v) is 5.53. The summed E-state index contributed by atoms with van der Waals surface area (Å²) in [6.45, 7) is 2.30. The number of nitrogens with one attached hydrogen (secondary N) is 1. The number of hydrogen-bond donors (Lipinski definition) is 1. The van der Waals surface area contributed by atoms with Gasteiger partial charge in [0.2, 0.25) is 12.8 Å². The van der Waals surface area contributed by atoms with E-state index in [2.05, 4.69) is 19.9 Å². The summed E-state index contributed by atoms with van der Waals surface area (Å²) in [5, 5.41) is 8.44. The van der Waals surface area contributed by atoms with Gasteiger partial charge in [0.15, 0.2) is 17.3 Å². The predicted molar refractivity (Wildman–Crippen MR) is 88.0 cm³/mol. The predicted octanol–water partition coefficient (Wildman–Crippen LogP) is 2.31. The van der Waals surface area contributed by atoms with Gasteiger partial charge in [-0.05, 0) is 6.92 Å². The average Bonchev–Trinajstić information content (AvgIpc) is 2.92. The first-order valence-electron chi connectivity index (χ1n) is 7.41. The van der Waals surface area contributed by atoms with E-state index in [0.717, 1.165) is 0 Å². The highest BCUT2D eigenvalue weighted by atomic mass is 32.2. The molecule has 2 aromatic rings. The van der Waals surface area contributed by atoms with Gasteiger partial charge in [-0.2, -0.15) is 0 Å². The molecule has 0 spiro atoms. The first-order chi connectivity index (χ1) is 11.8. The molecule has 3 rings (SSSR count). The van der Waals surface area contributed by atoms with E-state index in [0.29, 0.717) is 42.9 Å². The summed E-state index contributed by atoms with van der Waals surface area (Å²) in [6.07, 6.45) is 4.92. The fourth-order valence-electron chi connectivity index (χ4n) is 2.51. The van der Waals surface area contributed by atoms with Crippen molar-refractivity contribution in [1.82, 2.24) is 19.7 Å². The van der Waals surface area contributed by atoms with Gasteiger partial charge in [-0.3, -0.25) is 14.3 Å². The molecule has 0 bridgehead atoms. The standard InChI is InChI=1S/C14H18FN5O3S/c1-3-21-6-9-7-22-12-10(4-16-5-11(12)23-8-15)13-17-18-14(19-24-2)20(9)13/h4-5,9H,3,6-8H2,1-2H3,(H,18,19)/t9-/m0/s1. The minimum absolute atomic E-state index is 0.143. The monoisotopic (exact) mass is 355 g/mol. The smallest absolute Gasteiger partial charge is 0.235 e. The van der Waals surface area contributed by atoms with Crippen molar-refractivity contribution < 1.29 is 18.6 Å². The first-order valence-corrected chi connectivity index (χ1v) is 8.64. The van der Waals surface area contributed by atoms with Crippen molar-refractivity contribution in [2.75, 3.05) is 37.7 Å². The number of pyridine rings is 1. The molecule has 24 heavy (non-hydrogen) atoms. The highest BCUT2D eigenvalue weighted by Crippen LogP contribution is 2.41. The van der Waals surface area contributed by atoms with Gasteiger partial charge in [-0.25, -0.2) is 4.39 Å². The molecule has 0 saturated heterocycles. The van der Waals surface area contributed by atoms with Crippen LogP contribution in [0.1, 0.15) is 13.0 Å². The van der Waals surface area contributed by atoms with E-state index >= 15 is 0 Å². The van der Waals surface area contributed by atoms with Crippen LogP contribution in [0.25, 0.3) is 11.4 Å². The van der Waals surface area contributed by atoms with Crippen LogP contribution >= 0.6 is 11.9 Å². The zero-order valence-corrected chi connectivity index (χ0v) is 14.2. The Morgan fingerprint density at radius 2 is 2.33 bits per heavy atom. The molecule has 10 heteroatoms. The Labute approximate surface area is 142 Å². The molecule has 8 nitrogen and oxygen atoms in total. The molecule has 0 radical (unpaired) electrons. The van der Waals surface area contributed by atoms with E-state index in [1.54, 1.807) is 6.20 Å². The molecule has 0 saturated carbocycles. The lowest BCUT2D eigenvalue weighted by atomic mass is 10.2. The third kappa shape index (κ3) is 3.11. The zero-order chi connectivity index (χ0) is 16.9. The van der Waals surface area contributed by atoms with Gasteiger partial charge in [-0.1, -0.05) is 11.9 Å². The number of anilines is 1. The minimum Gasteiger partial charge on any atom is -0.487 e. The summed E-state index contributed by atoms with van der Waals surface area (Å²) in [5.41, 5.74) is 0.599. The van der Waals surface area contributed by atoms with Gasteiger partial charge in [0.05, 0.1) is 24.4 Å². The Morgan fingerprint density at radius 1 is 1.46 bits per heavy atom. The summed E-state index contributed by atoms with van der Waals surface area (Å²) in [4.78, 5) is 4.09. The summed E-state index contributed by atoms with van der Waals surface area (Å²) in [6, 6.07) is -0.143. The van der Waals surface area contributed by atoms with Crippen molar-refractivity contribution in [1.29, 1.82) is 0 Å². The number of nitrogens with zero attached hydrogens (tertiary/aromatic N) is 4. The number of aromatic nitrogens is 4. The number of fused-ring (bicyclic) bond motifs is 3. The van der Waals surface area contributed by atoms with E-state index in [-0.39, 0.29) is 11.8 Å². The van der Waals surface area contributed by atoms with Crippen molar-refractivity contribution in [2.24, 2.45) is 0 Å². The molecule has 1 atom stereocenters. The van der Waals surface area contributed by atoms with Crippen LogP contribution in [-0.2, 0) is 4.74 Å². The lowest BCUT2D eigenvalue weighted by molar-refractivity contribution is 0.0921. The highest BCUT2D eigenvalue weighted by Gasteiger charge is 2.30. The van der Waals surface area contributed by atoms with Crippen LogP contribution < -0.4 is 14.2 Å². The Morgan fingerprint density at radius 3 is 3.08 bits per heavy atom. The fourth-order valence-corrected chi connectivity index (χ4v) is 2.83. The summed E-state index contributed by atoms with van der Waals surface area (Å²) in [7, 11) is 0. The Hall–Kier alpha value is -2.07. The van der Waals surface area contributed by atoms with Gasteiger partial charge in [0.25, 0.3) is 0 Å². The average molecular weight is 355 g/mol. The van der Waals surface area contributed by atoms with Crippen LogP contribution in [0.15, 0.2) is 12.4 Å². The van der Waals surface area contributed by atoms with Crippen LogP contribution in [0.2, 0.25) is 0 Å². The maximum atomic E-state index is 12.6. The molecule has 0 fully saturated rings. The lowest BCUT2D eigenvalue weighted by Gasteiger charge is -2.19. The molecule has 1 aliphatic rings. The van der Waals surface area contributed by atoms with Crippen molar-refractivity contribution in [2.45, 2.75) is 13.0 Å². The molecular weight excluding hydrogens is 337 g/mol. The third-order valence-electron chi connectivity index (χ3n) is 3.50. The largest absolute Gasteiger partial charge is 0.487 e. The maximum Gasteiger partial charge on any atom is 0.235 e. The van der Waals surface area contributed by atoms with E-state index in [1.807, 2.05) is 17.7 Å². The molecular formula is C14H18FN5O3S. The fraction of sp³-hybridized carbons (Fsp3) is 0.500. The van der Waals surface area contributed by atoms with E-state index in [1.165, 1.54) is 18.1 Å². The number of ether oxygens (including phenoxy) is 3. The Balaban J connectivity index is 2.08. The van der Waals surface area contributed by atoms with Crippen LogP contribution in [0.4, 0.5) is 10.3 Å². The van der Waals surface area contributed by atoms with Gasteiger partial charge in [0, 0.05) is 19.1 Å². The van der Waals surface area contributed by atoms with E-state index in [4.69, 9.17) is 14.2 Å². The Kier molecular flexibility index (Phi) is 5.36. The minimum atomic E-state index is -0.962. The van der Waals surface area contributed by atoms with Crippen LogP contribution in [0.5, 0.6) is 11.5 Å². The van der Waals surface area contributed by atoms with Gasteiger partial charge >= 0.3 is 0 Å². The molecule has 1 N–H and O–H groups in total. The van der Waals surface area contributed by atoms with Crippen LogP contribution in [-0.4, -0.2) is 52.7 Å². The second kappa shape index (κ2) is 7.67. The van der Waals surface area contributed by atoms with Crippen LogP contribution in [0, 0.1) is 0 Å². The topological polar surface area (TPSA) is 83.3 Å². The number of halogens is 1. The molecule has 0 aliphatic carbocycles. The lowest BCUT2D eigenvalue weighted by Crippen LogP contribution is -2.22. The highest BCUT2D eigenvalue weighted by molar-refractivity contribution is 7.99. The third-order valence-corrected chi connectivity index (χ3v) is 3.89. The molecule has 0 amide bonds. The number of alkyl halides is 1. The SMILES string of the molecule is CCOC[C@H]1COc2c(OCF)cncc2-c2nnc(NSC)n21. The number of rotatable bonds is 7. The molecule has 3 heterocycles. The maximum absolute atomic E-state index is 12.6. The molecule has 1 aliphatic heterocycles. The van der Waals surface area contributed by atoms with Crippen molar-refractivity contribution >= 4 is 17.9 Å². The van der Waals surface area contributed by atoms with Crippen molar-refractivity contribution in [3.63, 3.8) is 0 Å². The zero-order valence-electron chi connectivity index (χ0n) is 13.4. The van der Waals surface area contributed by atoms with Crippen LogP contribution in [0.3, 0.4) is 0 Å². The molecule has 2 aromatic heterocycles.